The summed E-state index contributed by atoms with van der Waals surface area (Å²) in [5.41, 5.74) is 1.22. The van der Waals surface area contributed by atoms with E-state index in [0.29, 0.717) is 82.6 Å². The molecule has 0 spiro atoms. The molecule has 15 atom stereocenters. The maximum atomic E-state index is 14.5. The molecule has 4 rings (SSSR count). The van der Waals surface area contributed by atoms with E-state index in [9.17, 15) is 43.8 Å². The third-order valence-corrected chi connectivity index (χ3v) is 15.8. The number of esters is 2. The van der Waals surface area contributed by atoms with E-state index in [2.05, 4.69) is 0 Å². The van der Waals surface area contributed by atoms with Crippen molar-refractivity contribution in [2.45, 2.75) is 206 Å². The number of aliphatic hydroxyl groups is 2. The number of rotatable bonds is 12. The van der Waals surface area contributed by atoms with E-state index in [1.54, 1.807) is 48.0 Å². The predicted molar refractivity (Wildman–Crippen MR) is 275 cm³/mol. The molecule has 1 unspecified atom stereocenters. The Balaban J connectivity index is 1.66. The topological polar surface area (TPSA) is 239 Å². The largest absolute Gasteiger partial charge is 0.481 e. The molecule has 0 aromatic rings. The molecule has 4 aliphatic rings. The molecule has 74 heavy (non-hydrogen) atoms. The first kappa shape index (κ1) is 62.2. The molecule has 0 radical (unpaired) electrons. The van der Waals surface area contributed by atoms with Crippen molar-refractivity contribution in [2.24, 2.45) is 35.5 Å². The first-order valence-corrected chi connectivity index (χ1v) is 26.9. The number of hydrogen-bond donors (Lipinski definition) is 3. The van der Waals surface area contributed by atoms with E-state index in [-0.39, 0.29) is 55.6 Å². The monoisotopic (exact) mass is 1040 g/mol. The Labute approximate surface area is 438 Å². The van der Waals surface area contributed by atoms with Crippen LogP contribution in [-0.2, 0) is 62.0 Å². The zero-order valence-electron chi connectivity index (χ0n) is 45.7. The van der Waals surface area contributed by atoms with Crippen LogP contribution in [0.2, 0.25) is 0 Å². The van der Waals surface area contributed by atoms with Gasteiger partial charge in [-0.05, 0) is 120 Å². The second-order valence-corrected chi connectivity index (χ2v) is 21.7. The van der Waals surface area contributed by atoms with Crippen LogP contribution in [0.15, 0.2) is 47.6 Å². The van der Waals surface area contributed by atoms with Crippen molar-refractivity contribution in [3.8, 4) is 0 Å². The number of nitrogens with zero attached hydrogens (tertiary/aromatic N) is 1. The first-order chi connectivity index (χ1) is 35.0. The summed E-state index contributed by atoms with van der Waals surface area (Å²) >= 11 is 0. The summed E-state index contributed by atoms with van der Waals surface area (Å²) < 4.78 is 35.5. The van der Waals surface area contributed by atoms with Gasteiger partial charge in [-0.2, -0.15) is 0 Å². The van der Waals surface area contributed by atoms with Crippen molar-refractivity contribution in [1.82, 2.24) is 4.90 Å². The lowest BCUT2D eigenvalue weighted by molar-refractivity contribution is -0.265. The third-order valence-electron chi connectivity index (χ3n) is 15.8. The van der Waals surface area contributed by atoms with Gasteiger partial charge in [0.05, 0.1) is 18.3 Å². The number of Topliss-reactive ketones (excluding diaryl/α,β-unsaturated/α-hetero) is 3. The number of fused-ring (bicyclic) bond motifs is 3. The number of aliphatic hydroxyl groups excluding tert-OH is 1. The molecule has 2 saturated heterocycles. The zero-order valence-corrected chi connectivity index (χ0v) is 45.7. The van der Waals surface area contributed by atoms with E-state index < -0.39 is 108 Å². The van der Waals surface area contributed by atoms with Gasteiger partial charge in [-0.15, -0.1) is 0 Å². The minimum Gasteiger partial charge on any atom is -0.481 e. The Morgan fingerprint density at radius 2 is 1.55 bits per heavy atom. The van der Waals surface area contributed by atoms with Crippen molar-refractivity contribution in [1.29, 1.82) is 0 Å². The molecule has 2 bridgehead atoms. The molecule has 17 nitrogen and oxygen atoms in total. The van der Waals surface area contributed by atoms with Gasteiger partial charge in [-0.25, -0.2) is 4.79 Å². The Morgan fingerprint density at radius 1 is 0.838 bits per heavy atom. The fraction of sp³-hybridized carbons (Fsp3) is 0.737. The molecule has 17 heteroatoms. The fourth-order valence-electron chi connectivity index (χ4n) is 11.0. The van der Waals surface area contributed by atoms with Crippen LogP contribution in [-0.4, -0.2) is 144 Å². The molecule has 0 aromatic carbocycles. The number of amides is 1. The molecule has 3 heterocycles. The van der Waals surface area contributed by atoms with Crippen molar-refractivity contribution < 1.29 is 77.3 Å². The molecular formula is C57H87NO16. The van der Waals surface area contributed by atoms with E-state index in [1.165, 1.54) is 12.0 Å². The van der Waals surface area contributed by atoms with Gasteiger partial charge in [0.15, 0.2) is 5.78 Å². The minimum atomic E-state index is -2.46. The number of carbonyl (C=O) groups excluding carboxylic acids is 6. The molecule has 3 fully saturated rings. The van der Waals surface area contributed by atoms with Crippen LogP contribution in [0.25, 0.3) is 0 Å². The Hall–Kier alpha value is -4.39. The highest BCUT2D eigenvalue weighted by atomic mass is 16.6. The summed E-state index contributed by atoms with van der Waals surface area (Å²) in [6, 6.07) is -1.19. The fourth-order valence-corrected chi connectivity index (χ4v) is 11.0. The van der Waals surface area contributed by atoms with Crippen molar-refractivity contribution >= 4 is 41.2 Å². The lowest BCUT2D eigenvalue weighted by Crippen LogP contribution is -2.61. The maximum Gasteiger partial charge on any atom is 0.329 e. The molecule has 1 aliphatic carbocycles. The van der Waals surface area contributed by atoms with Gasteiger partial charge in [-0.3, -0.25) is 28.8 Å². The standard InChI is InChI=1S/C57H87NO16/c1-34-18-12-11-13-19-35(2)46(69-8)32-42-25-23-40(7)57(68,74-42)54(65)55(66)58-27-17-16-20-43(58)56(67)73-47(33-44(59)36(3)29-39(6)52(64)53(71-10)51(63)38(5)28-34)37(4)30-41-24-26-45(48(31-41)70-9)72-50(62)22-15-14-21-49(60)61/h11-13,18-19,29,34,36-38,40-43,45-48,52-53,64,68H,14-17,20-28,30-33H2,1-10H3,(H,60,61)/b13-11?,18-12+,35-19?,39-29+/t34-,36-,37?,38-,40-,41+,42+,43+,45-,46+,47+,48-,52-,53+,57-/m1/s1. The van der Waals surface area contributed by atoms with Crippen LogP contribution in [0.1, 0.15) is 151 Å². The Bertz CT molecular complexity index is 2050. The second kappa shape index (κ2) is 29.8. The van der Waals surface area contributed by atoms with Gasteiger partial charge in [0.2, 0.25) is 5.79 Å². The van der Waals surface area contributed by atoms with Crippen molar-refractivity contribution in [3.63, 3.8) is 0 Å². The summed E-state index contributed by atoms with van der Waals surface area (Å²) in [6.45, 7) is 12.6. The summed E-state index contributed by atoms with van der Waals surface area (Å²) in [5, 5.41) is 32.5. The number of ketones is 3. The van der Waals surface area contributed by atoms with Gasteiger partial charge < -0.3 is 48.6 Å². The number of carbonyl (C=O) groups is 7. The van der Waals surface area contributed by atoms with E-state index in [4.69, 9.17) is 33.5 Å². The average Bonchev–Trinajstić information content (AvgIpc) is 3.36. The highest BCUT2D eigenvalue weighted by Gasteiger charge is 2.53. The average molecular weight is 1040 g/mol. The van der Waals surface area contributed by atoms with Gasteiger partial charge in [0, 0.05) is 71.3 Å². The lowest BCUT2D eigenvalue weighted by Gasteiger charge is -2.42. The molecule has 3 aliphatic heterocycles. The molecule has 416 valence electrons. The van der Waals surface area contributed by atoms with Gasteiger partial charge in [0.1, 0.15) is 36.2 Å². The van der Waals surface area contributed by atoms with Crippen LogP contribution in [0, 0.1) is 35.5 Å². The first-order valence-electron chi connectivity index (χ1n) is 26.9. The number of cyclic esters (lactones) is 1. The van der Waals surface area contributed by atoms with Crippen molar-refractivity contribution in [2.75, 3.05) is 27.9 Å². The second-order valence-electron chi connectivity index (χ2n) is 21.7. The van der Waals surface area contributed by atoms with Crippen LogP contribution in [0.3, 0.4) is 0 Å². The number of methoxy groups -OCH3 is 3. The molecule has 3 N–H and O–H groups in total. The molecule has 0 aromatic heterocycles. The summed E-state index contributed by atoms with van der Waals surface area (Å²) in [4.78, 5) is 96.1. The number of aliphatic carboxylic acids is 1. The lowest BCUT2D eigenvalue weighted by atomic mass is 9.78. The summed E-state index contributed by atoms with van der Waals surface area (Å²) in [6.07, 6.45) is 11.1. The van der Waals surface area contributed by atoms with E-state index in [0.717, 1.165) is 5.57 Å². The van der Waals surface area contributed by atoms with Crippen molar-refractivity contribution in [3.05, 3.63) is 47.6 Å². The third kappa shape index (κ3) is 17.6. The minimum absolute atomic E-state index is 0.00459. The summed E-state index contributed by atoms with van der Waals surface area (Å²) in [7, 11) is 4.47. The SMILES string of the molecule is CO[C@H]1C[C@@H]2CC[C@@H](C)[C@@](O)(O2)C(=O)C(=O)N2CCCC[C@H]2C(=O)O[C@H](C(C)C[C@@H]2CC[C@@H](OC(=O)CCCCC(=O)O)[C@H](OC)C2)CC(=O)[C@H](C)/C=C(\C)[C@@H](O)[C@@H](OC)C(=O)[C@H](C)C[C@H](C)/C=C/C=CC=C1C. The quantitative estimate of drug-likeness (QED) is 0.0748. The zero-order chi connectivity index (χ0) is 54.9. The molecule has 1 saturated carbocycles. The predicted octanol–water partition coefficient (Wildman–Crippen LogP) is 7.38. The number of unbranched alkanes of at least 4 members (excludes halogenated alkanes) is 1. The number of piperidine rings is 1. The number of carboxylic acids is 1. The smallest absolute Gasteiger partial charge is 0.329 e. The number of ether oxygens (including phenoxy) is 6. The van der Waals surface area contributed by atoms with E-state index in [1.807, 2.05) is 51.2 Å². The van der Waals surface area contributed by atoms with Crippen LogP contribution < -0.4 is 0 Å². The van der Waals surface area contributed by atoms with Gasteiger partial charge in [-0.1, -0.05) is 71.1 Å². The molecular weight excluding hydrogens is 955 g/mol. The van der Waals surface area contributed by atoms with Gasteiger partial charge in [0.25, 0.3) is 11.7 Å². The maximum absolute atomic E-state index is 14.5. The summed E-state index contributed by atoms with van der Waals surface area (Å²) in [5.74, 6) is -9.84. The van der Waals surface area contributed by atoms with Crippen LogP contribution in [0.4, 0.5) is 0 Å². The van der Waals surface area contributed by atoms with Crippen LogP contribution in [0.5, 0.6) is 0 Å². The highest BCUT2D eigenvalue weighted by molar-refractivity contribution is 6.39. The van der Waals surface area contributed by atoms with Crippen LogP contribution >= 0.6 is 0 Å². The highest BCUT2D eigenvalue weighted by Crippen LogP contribution is 2.38. The number of carboxylic acid groups (broad SMARTS) is 1. The Kier molecular flexibility index (Phi) is 25.0. The number of allylic oxidation sites excluding steroid dienone is 6. The van der Waals surface area contributed by atoms with E-state index >= 15 is 0 Å². The van der Waals surface area contributed by atoms with Gasteiger partial charge >= 0.3 is 17.9 Å². The number of hydrogen-bond acceptors (Lipinski definition) is 15. The normalized spacial score (nSPS) is 35.6. The molecule has 1 amide bonds. The Morgan fingerprint density at radius 3 is 2.23 bits per heavy atom.